The monoisotopic (exact) mass is 447 g/mol. The molecule has 0 aliphatic carbocycles. The first-order chi connectivity index (χ1) is 15.8. The van der Waals surface area contributed by atoms with Crippen LogP contribution < -0.4 is 10.5 Å². The quantitative estimate of drug-likeness (QED) is 0.516. The molecule has 4 aromatic rings. The van der Waals surface area contributed by atoms with Crippen molar-refractivity contribution in [2.45, 2.75) is 39.4 Å². The second kappa shape index (κ2) is 7.84. The van der Waals surface area contributed by atoms with Gasteiger partial charge in [0, 0.05) is 49.9 Å². The summed E-state index contributed by atoms with van der Waals surface area (Å²) in [5.41, 5.74) is 9.96. The van der Waals surface area contributed by atoms with Gasteiger partial charge in [0.05, 0.1) is 18.4 Å². The molecule has 0 bridgehead atoms. The van der Waals surface area contributed by atoms with Crippen molar-refractivity contribution in [1.29, 1.82) is 0 Å². The lowest BCUT2D eigenvalue weighted by Crippen LogP contribution is -2.41. The van der Waals surface area contributed by atoms with E-state index in [1.807, 2.05) is 41.6 Å². The molecule has 33 heavy (non-hydrogen) atoms. The fourth-order valence-corrected chi connectivity index (χ4v) is 4.87. The number of aromatic nitrogens is 5. The standard InChI is InChI=1S/C24H29N7O2/c1-6-30-18(10-15-7-8-19(33-5)28-21(15)30)23-27-17-9-16(11-26-22(17)29(23)4)24(32)31-12-13(2)20(25)14(31)3/h7-11,13-14,20H,6,12,25H2,1-5H3/t13-,14-,20-/m0/s1. The predicted octanol–water partition coefficient (Wildman–Crippen LogP) is 2.82. The lowest BCUT2D eigenvalue weighted by atomic mass is 10.0. The second-order valence-corrected chi connectivity index (χ2v) is 8.85. The Kier molecular flexibility index (Phi) is 5.08. The summed E-state index contributed by atoms with van der Waals surface area (Å²) in [7, 11) is 3.55. The highest BCUT2D eigenvalue weighted by atomic mass is 16.5. The number of carbonyl (C=O) groups is 1. The molecular weight excluding hydrogens is 418 g/mol. The van der Waals surface area contributed by atoms with Crippen LogP contribution in [-0.4, -0.2) is 60.6 Å². The summed E-state index contributed by atoms with van der Waals surface area (Å²) in [5.74, 6) is 1.56. The van der Waals surface area contributed by atoms with Crippen molar-refractivity contribution in [1.82, 2.24) is 29.0 Å². The number of aryl methyl sites for hydroxylation is 2. The minimum Gasteiger partial charge on any atom is -0.481 e. The maximum atomic E-state index is 13.2. The topological polar surface area (TPSA) is 104 Å². The number of imidazole rings is 1. The van der Waals surface area contributed by atoms with E-state index in [2.05, 4.69) is 34.4 Å². The summed E-state index contributed by atoms with van der Waals surface area (Å²) in [6, 6.07) is 7.73. The van der Waals surface area contributed by atoms with Gasteiger partial charge in [0.1, 0.15) is 11.2 Å². The largest absolute Gasteiger partial charge is 0.481 e. The Balaban J connectivity index is 1.58. The summed E-state index contributed by atoms with van der Waals surface area (Å²) in [6.07, 6.45) is 1.64. The molecule has 9 nitrogen and oxygen atoms in total. The third-order valence-electron chi connectivity index (χ3n) is 6.88. The van der Waals surface area contributed by atoms with Gasteiger partial charge in [-0.25, -0.2) is 9.97 Å². The molecule has 0 saturated carbocycles. The number of hydrogen-bond acceptors (Lipinski definition) is 6. The zero-order valence-corrected chi connectivity index (χ0v) is 19.6. The van der Waals surface area contributed by atoms with Crippen molar-refractivity contribution in [3.05, 3.63) is 36.0 Å². The molecule has 2 N–H and O–H groups in total. The molecule has 1 amide bonds. The molecule has 1 fully saturated rings. The average molecular weight is 448 g/mol. The van der Waals surface area contributed by atoms with Gasteiger partial charge < -0.3 is 24.5 Å². The first-order valence-electron chi connectivity index (χ1n) is 11.3. The maximum Gasteiger partial charge on any atom is 0.255 e. The zero-order valence-electron chi connectivity index (χ0n) is 19.6. The molecule has 0 unspecified atom stereocenters. The van der Waals surface area contributed by atoms with E-state index in [1.54, 1.807) is 13.3 Å². The van der Waals surface area contributed by atoms with Gasteiger partial charge in [0.15, 0.2) is 11.5 Å². The Labute approximate surface area is 192 Å². The van der Waals surface area contributed by atoms with E-state index in [0.717, 1.165) is 34.7 Å². The summed E-state index contributed by atoms with van der Waals surface area (Å²) in [5, 5.41) is 1.01. The third kappa shape index (κ3) is 3.26. The van der Waals surface area contributed by atoms with Gasteiger partial charge in [-0.1, -0.05) is 6.92 Å². The number of likely N-dealkylation sites (tertiary alicyclic amines) is 1. The molecule has 4 aromatic heterocycles. The fraction of sp³-hybridized carbons (Fsp3) is 0.417. The van der Waals surface area contributed by atoms with Gasteiger partial charge in [-0.05, 0) is 38.0 Å². The lowest BCUT2D eigenvalue weighted by Gasteiger charge is -2.23. The van der Waals surface area contributed by atoms with Crippen molar-refractivity contribution < 1.29 is 9.53 Å². The molecule has 1 aliphatic heterocycles. The smallest absolute Gasteiger partial charge is 0.255 e. The normalized spacial score (nSPS) is 20.8. The number of amides is 1. The number of fused-ring (bicyclic) bond motifs is 2. The molecule has 3 atom stereocenters. The SMILES string of the molecule is CCn1c(-c2nc3cc(C(=O)N4C[C@H](C)[C@H](N)[C@@H]4C)cnc3n2C)cc2ccc(OC)nc21. The van der Waals surface area contributed by atoms with Crippen molar-refractivity contribution >= 4 is 28.1 Å². The number of methoxy groups -OCH3 is 1. The molecule has 1 aliphatic rings. The van der Waals surface area contributed by atoms with Crippen LogP contribution in [0.4, 0.5) is 0 Å². The summed E-state index contributed by atoms with van der Waals surface area (Å²) < 4.78 is 9.37. The molecule has 5 heterocycles. The molecule has 0 spiro atoms. The fourth-order valence-electron chi connectivity index (χ4n) is 4.87. The van der Waals surface area contributed by atoms with E-state index >= 15 is 0 Å². The highest BCUT2D eigenvalue weighted by molar-refractivity contribution is 5.97. The predicted molar refractivity (Wildman–Crippen MR) is 127 cm³/mol. The zero-order chi connectivity index (χ0) is 23.4. The van der Waals surface area contributed by atoms with Gasteiger partial charge >= 0.3 is 0 Å². The highest BCUT2D eigenvalue weighted by Gasteiger charge is 2.37. The number of carbonyl (C=O) groups excluding carboxylic acids is 1. The Bertz CT molecular complexity index is 1370. The molecule has 5 rings (SSSR count). The first-order valence-corrected chi connectivity index (χ1v) is 11.3. The van der Waals surface area contributed by atoms with Gasteiger partial charge in [-0.2, -0.15) is 4.98 Å². The molecule has 172 valence electrons. The van der Waals surface area contributed by atoms with Gasteiger partial charge in [-0.15, -0.1) is 0 Å². The number of pyridine rings is 2. The van der Waals surface area contributed by atoms with Crippen LogP contribution in [0.5, 0.6) is 5.88 Å². The van der Waals surface area contributed by atoms with E-state index in [4.69, 9.17) is 15.5 Å². The summed E-state index contributed by atoms with van der Waals surface area (Å²) in [6.45, 7) is 7.54. The number of hydrogen-bond donors (Lipinski definition) is 1. The number of nitrogens with two attached hydrogens (primary N) is 1. The van der Waals surface area contributed by atoms with Crippen LogP contribution in [0.1, 0.15) is 31.1 Å². The van der Waals surface area contributed by atoms with E-state index in [-0.39, 0.29) is 23.9 Å². The lowest BCUT2D eigenvalue weighted by molar-refractivity contribution is 0.0739. The van der Waals surface area contributed by atoms with Crippen molar-refractivity contribution in [3.63, 3.8) is 0 Å². The number of ether oxygens (including phenoxy) is 1. The Morgan fingerprint density at radius 3 is 2.67 bits per heavy atom. The van der Waals surface area contributed by atoms with E-state index in [0.29, 0.717) is 23.5 Å². The number of nitrogens with zero attached hydrogens (tertiary/aromatic N) is 6. The highest BCUT2D eigenvalue weighted by Crippen LogP contribution is 2.30. The van der Waals surface area contributed by atoms with Crippen LogP contribution in [0, 0.1) is 5.92 Å². The van der Waals surface area contributed by atoms with Crippen LogP contribution in [0.15, 0.2) is 30.5 Å². The molecule has 1 saturated heterocycles. The molecule has 0 aromatic carbocycles. The maximum absolute atomic E-state index is 13.2. The van der Waals surface area contributed by atoms with Gasteiger partial charge in [-0.3, -0.25) is 4.79 Å². The van der Waals surface area contributed by atoms with Crippen molar-refractivity contribution in [3.8, 4) is 17.4 Å². The molecule has 9 heteroatoms. The number of rotatable bonds is 4. The van der Waals surface area contributed by atoms with Crippen LogP contribution in [-0.2, 0) is 13.6 Å². The van der Waals surface area contributed by atoms with E-state index in [1.165, 1.54) is 0 Å². The first kappa shape index (κ1) is 21.4. The summed E-state index contributed by atoms with van der Waals surface area (Å²) in [4.78, 5) is 29.1. The van der Waals surface area contributed by atoms with Crippen LogP contribution in [0.3, 0.4) is 0 Å². The van der Waals surface area contributed by atoms with E-state index in [9.17, 15) is 4.79 Å². The summed E-state index contributed by atoms with van der Waals surface area (Å²) >= 11 is 0. The Morgan fingerprint density at radius 1 is 1.21 bits per heavy atom. The Hall–Kier alpha value is -3.46. The van der Waals surface area contributed by atoms with Crippen molar-refractivity contribution in [2.24, 2.45) is 18.7 Å². The Morgan fingerprint density at radius 2 is 2.00 bits per heavy atom. The van der Waals surface area contributed by atoms with Gasteiger partial charge in [0.2, 0.25) is 5.88 Å². The second-order valence-electron chi connectivity index (χ2n) is 8.85. The van der Waals surface area contributed by atoms with Crippen LogP contribution in [0.2, 0.25) is 0 Å². The van der Waals surface area contributed by atoms with E-state index < -0.39 is 0 Å². The molecular formula is C24H29N7O2. The molecule has 0 radical (unpaired) electrons. The van der Waals surface area contributed by atoms with Crippen LogP contribution in [0.25, 0.3) is 33.7 Å². The average Bonchev–Trinajstić information content (AvgIpc) is 3.44. The van der Waals surface area contributed by atoms with Gasteiger partial charge in [0.25, 0.3) is 5.91 Å². The minimum atomic E-state index is -0.0529. The minimum absolute atomic E-state index is 0.00718. The van der Waals surface area contributed by atoms with Crippen LogP contribution >= 0.6 is 0 Å². The third-order valence-corrected chi connectivity index (χ3v) is 6.88. The van der Waals surface area contributed by atoms with Crippen molar-refractivity contribution in [2.75, 3.05) is 13.7 Å².